The summed E-state index contributed by atoms with van der Waals surface area (Å²) in [4.78, 5) is 36.3. The third-order valence-corrected chi connectivity index (χ3v) is 6.52. The highest BCUT2D eigenvalue weighted by atomic mass is 32.2. The van der Waals surface area contributed by atoms with E-state index in [4.69, 9.17) is 31.5 Å². The molecule has 0 saturated carbocycles. The summed E-state index contributed by atoms with van der Waals surface area (Å²) in [7, 11) is 1.38. The second kappa shape index (κ2) is 11.3. The minimum Gasteiger partial charge on any atom is -0.493 e. The minimum absolute atomic E-state index is 0.133. The van der Waals surface area contributed by atoms with Gasteiger partial charge in [-0.2, -0.15) is 0 Å². The number of thioether (sulfide) groups is 1. The van der Waals surface area contributed by atoms with Gasteiger partial charge in [-0.15, -0.1) is 0 Å². The molecule has 5 N–H and O–H groups in total. The van der Waals surface area contributed by atoms with Gasteiger partial charge in [-0.1, -0.05) is 30.0 Å². The standard InChI is InChI=1S/C21H24N2O10S2/c1-9(25)22-16-18(29)17(28)13(8-24)33-20(16)32-11-4-3-10(5-12(11)31-2)6-14-19(30)23(7-15(26)27)21(34)35-14/h3-6,13,16-18,20,24,28-29H,7-8H2,1-2H3,(H,22,25)(H,26,27)/t13-,16+,17-,18-,20-/m1/s1. The molecular formula is C21H24N2O10S2. The maximum atomic E-state index is 12.5. The summed E-state index contributed by atoms with van der Waals surface area (Å²) in [6.07, 6.45) is -3.85. The van der Waals surface area contributed by atoms with E-state index in [0.717, 1.165) is 16.7 Å². The van der Waals surface area contributed by atoms with Crippen LogP contribution in [0.4, 0.5) is 0 Å². The average Bonchev–Trinajstić information content (AvgIpc) is 3.06. The van der Waals surface area contributed by atoms with Crippen LogP contribution in [-0.2, 0) is 19.1 Å². The molecule has 1 aromatic carbocycles. The van der Waals surface area contributed by atoms with Crippen LogP contribution in [0.3, 0.4) is 0 Å². The Balaban J connectivity index is 1.84. The number of ether oxygens (including phenoxy) is 3. The summed E-state index contributed by atoms with van der Waals surface area (Å²) in [5.74, 6) is -1.84. The van der Waals surface area contributed by atoms with Crippen molar-refractivity contribution in [2.75, 3.05) is 20.3 Å². The SMILES string of the molecule is COc1cc(C=C2SC(=S)N(CC(=O)O)C2=O)ccc1O[C@@H]1O[C@H](CO)[C@@H](O)[C@H](O)[C@@H]1NC(C)=O. The number of aliphatic hydroxyl groups is 3. The van der Waals surface area contributed by atoms with Gasteiger partial charge in [0.2, 0.25) is 12.2 Å². The van der Waals surface area contributed by atoms with Gasteiger partial charge in [0.05, 0.1) is 18.6 Å². The van der Waals surface area contributed by atoms with Gasteiger partial charge in [-0.05, 0) is 23.8 Å². The number of carbonyl (C=O) groups is 3. The van der Waals surface area contributed by atoms with E-state index >= 15 is 0 Å². The maximum absolute atomic E-state index is 12.5. The molecule has 2 fully saturated rings. The Morgan fingerprint density at radius 1 is 1.29 bits per heavy atom. The highest BCUT2D eigenvalue weighted by molar-refractivity contribution is 8.26. The number of amides is 2. The van der Waals surface area contributed by atoms with Crippen LogP contribution in [0.2, 0.25) is 0 Å². The van der Waals surface area contributed by atoms with Crippen molar-refractivity contribution in [3.05, 3.63) is 28.7 Å². The van der Waals surface area contributed by atoms with E-state index in [1.807, 2.05) is 0 Å². The quantitative estimate of drug-likeness (QED) is 0.212. The number of nitrogens with zero attached hydrogens (tertiary/aromatic N) is 1. The monoisotopic (exact) mass is 528 g/mol. The van der Waals surface area contributed by atoms with Crippen LogP contribution in [0.15, 0.2) is 23.1 Å². The molecule has 2 saturated heterocycles. The smallest absolute Gasteiger partial charge is 0.323 e. The molecule has 0 spiro atoms. The number of benzene rings is 1. The molecule has 12 nitrogen and oxygen atoms in total. The van der Waals surface area contributed by atoms with E-state index in [1.165, 1.54) is 26.2 Å². The number of carbonyl (C=O) groups excluding carboxylic acids is 2. The molecule has 2 aliphatic heterocycles. The second-order valence-electron chi connectivity index (χ2n) is 7.62. The molecule has 2 amide bonds. The number of nitrogens with one attached hydrogen (secondary N) is 1. The molecular weight excluding hydrogens is 504 g/mol. The molecule has 5 atom stereocenters. The third kappa shape index (κ3) is 6.09. The van der Waals surface area contributed by atoms with Crippen LogP contribution >= 0.6 is 24.0 Å². The minimum atomic E-state index is -1.48. The Hall–Kier alpha value is -2.75. The van der Waals surface area contributed by atoms with E-state index < -0.39 is 61.6 Å². The van der Waals surface area contributed by atoms with E-state index in [-0.39, 0.29) is 20.7 Å². The lowest BCUT2D eigenvalue weighted by Crippen LogP contribution is -2.65. The van der Waals surface area contributed by atoms with E-state index in [1.54, 1.807) is 12.1 Å². The van der Waals surface area contributed by atoms with Crippen molar-refractivity contribution in [2.45, 2.75) is 37.6 Å². The Bertz CT molecular complexity index is 1050. The molecule has 190 valence electrons. The van der Waals surface area contributed by atoms with Crippen molar-refractivity contribution in [2.24, 2.45) is 0 Å². The average molecular weight is 529 g/mol. The van der Waals surface area contributed by atoms with Crippen molar-refractivity contribution in [3.8, 4) is 11.5 Å². The van der Waals surface area contributed by atoms with Crippen molar-refractivity contribution < 1.29 is 49.0 Å². The maximum Gasteiger partial charge on any atom is 0.323 e. The summed E-state index contributed by atoms with van der Waals surface area (Å²) in [6, 6.07) is 3.49. The number of aliphatic hydroxyl groups excluding tert-OH is 3. The summed E-state index contributed by atoms with van der Waals surface area (Å²) in [5, 5.41) is 41.5. The van der Waals surface area contributed by atoms with Gasteiger partial charge < -0.3 is 40.0 Å². The molecule has 0 aromatic heterocycles. The molecule has 35 heavy (non-hydrogen) atoms. The lowest BCUT2D eigenvalue weighted by atomic mass is 9.97. The highest BCUT2D eigenvalue weighted by Crippen LogP contribution is 2.36. The predicted molar refractivity (Wildman–Crippen MR) is 127 cm³/mol. The number of thiocarbonyl (C=S) groups is 1. The topological polar surface area (TPSA) is 175 Å². The third-order valence-electron chi connectivity index (χ3n) is 5.15. The zero-order valence-electron chi connectivity index (χ0n) is 18.6. The molecule has 14 heteroatoms. The number of methoxy groups -OCH3 is 1. The Morgan fingerprint density at radius 2 is 2.00 bits per heavy atom. The van der Waals surface area contributed by atoms with Crippen LogP contribution in [0.1, 0.15) is 12.5 Å². The highest BCUT2D eigenvalue weighted by Gasteiger charge is 2.46. The molecule has 0 aliphatic carbocycles. The number of carboxylic acid groups (broad SMARTS) is 1. The largest absolute Gasteiger partial charge is 0.493 e. The summed E-state index contributed by atoms with van der Waals surface area (Å²) < 4.78 is 16.9. The zero-order valence-corrected chi connectivity index (χ0v) is 20.2. The fourth-order valence-corrected chi connectivity index (χ4v) is 4.75. The summed E-state index contributed by atoms with van der Waals surface area (Å²) >= 11 is 6.06. The number of rotatable bonds is 8. The second-order valence-corrected chi connectivity index (χ2v) is 9.30. The van der Waals surface area contributed by atoms with Crippen molar-refractivity contribution in [1.29, 1.82) is 0 Å². The first-order chi connectivity index (χ1) is 16.5. The lowest BCUT2D eigenvalue weighted by molar-refractivity contribution is -0.244. The number of hydrogen-bond acceptors (Lipinski definition) is 11. The van der Waals surface area contributed by atoms with E-state index in [9.17, 15) is 29.7 Å². The number of carboxylic acids is 1. The number of hydrogen-bond donors (Lipinski definition) is 5. The fraction of sp³-hybridized carbons (Fsp3) is 0.429. The van der Waals surface area contributed by atoms with Crippen molar-refractivity contribution in [1.82, 2.24) is 10.2 Å². The van der Waals surface area contributed by atoms with Gasteiger partial charge in [0, 0.05) is 6.92 Å². The van der Waals surface area contributed by atoms with Crippen LogP contribution in [0.25, 0.3) is 6.08 Å². The molecule has 2 heterocycles. The number of aliphatic carboxylic acids is 1. The summed E-state index contributed by atoms with van der Waals surface area (Å²) in [5.41, 5.74) is 0.525. The molecule has 2 aliphatic rings. The van der Waals surface area contributed by atoms with Crippen LogP contribution in [0.5, 0.6) is 11.5 Å². The first kappa shape index (κ1) is 26.8. The normalized spacial score (nSPS) is 27.7. The van der Waals surface area contributed by atoms with Crippen molar-refractivity contribution >= 4 is 52.2 Å². The molecule has 3 rings (SSSR count). The Labute approximate surface area is 209 Å². The lowest BCUT2D eigenvalue weighted by Gasteiger charge is -2.42. The van der Waals surface area contributed by atoms with Gasteiger partial charge in [-0.25, -0.2) is 0 Å². The Kier molecular flexibility index (Phi) is 8.69. The van der Waals surface area contributed by atoms with Crippen LogP contribution in [0, 0.1) is 0 Å². The molecule has 0 bridgehead atoms. The van der Waals surface area contributed by atoms with Crippen LogP contribution < -0.4 is 14.8 Å². The van der Waals surface area contributed by atoms with Gasteiger partial charge >= 0.3 is 5.97 Å². The molecule has 0 unspecified atom stereocenters. The molecule has 1 aromatic rings. The Morgan fingerprint density at radius 3 is 2.60 bits per heavy atom. The zero-order chi connectivity index (χ0) is 25.9. The van der Waals surface area contributed by atoms with Crippen LogP contribution in [-0.4, -0.2) is 98.3 Å². The first-order valence-corrected chi connectivity index (χ1v) is 11.5. The van der Waals surface area contributed by atoms with Gasteiger partial charge in [0.25, 0.3) is 5.91 Å². The summed E-state index contributed by atoms with van der Waals surface area (Å²) in [6.45, 7) is 0.0914. The van der Waals surface area contributed by atoms with E-state index in [0.29, 0.717) is 5.56 Å². The van der Waals surface area contributed by atoms with Gasteiger partial charge in [0.15, 0.2) is 11.5 Å². The van der Waals surface area contributed by atoms with Crippen molar-refractivity contribution in [3.63, 3.8) is 0 Å². The van der Waals surface area contributed by atoms with E-state index in [2.05, 4.69) is 5.32 Å². The van der Waals surface area contributed by atoms with Gasteiger partial charge in [-0.3, -0.25) is 19.3 Å². The predicted octanol–water partition coefficient (Wildman–Crippen LogP) is -0.696. The first-order valence-electron chi connectivity index (χ1n) is 10.3. The fourth-order valence-electron chi connectivity index (χ4n) is 3.49. The van der Waals surface area contributed by atoms with Gasteiger partial charge in [0.1, 0.15) is 35.2 Å². The molecule has 0 radical (unpaired) electrons.